The summed E-state index contributed by atoms with van der Waals surface area (Å²) in [5.74, 6) is 1.88. The van der Waals surface area contributed by atoms with Gasteiger partial charge in [-0.3, -0.25) is 4.98 Å². The van der Waals surface area contributed by atoms with Gasteiger partial charge in [-0.2, -0.15) is 0 Å². The molecule has 1 fully saturated rings. The van der Waals surface area contributed by atoms with E-state index in [0.717, 1.165) is 54.2 Å². The fraction of sp³-hybridized carbons (Fsp3) is 0.381. The summed E-state index contributed by atoms with van der Waals surface area (Å²) in [5, 5.41) is 1.11. The summed E-state index contributed by atoms with van der Waals surface area (Å²) in [6, 6.07) is 10.2. The topological polar surface area (TPSA) is 54.4 Å². The fourth-order valence-corrected chi connectivity index (χ4v) is 3.62. The molecular formula is C21H25N5O. The van der Waals surface area contributed by atoms with E-state index in [1.807, 2.05) is 32.4 Å². The van der Waals surface area contributed by atoms with Gasteiger partial charge >= 0.3 is 0 Å². The molecule has 1 unspecified atom stereocenters. The number of benzene rings is 1. The van der Waals surface area contributed by atoms with Gasteiger partial charge in [0.25, 0.3) is 0 Å². The summed E-state index contributed by atoms with van der Waals surface area (Å²) < 4.78 is 6.24. The quantitative estimate of drug-likeness (QED) is 0.694. The molecule has 0 amide bonds. The lowest BCUT2D eigenvalue weighted by atomic mass is 10.1. The van der Waals surface area contributed by atoms with E-state index < -0.39 is 0 Å². The van der Waals surface area contributed by atoms with Crippen LogP contribution in [0, 0.1) is 6.92 Å². The van der Waals surface area contributed by atoms with Crippen molar-refractivity contribution < 1.29 is 4.74 Å². The molecule has 0 bridgehead atoms. The van der Waals surface area contributed by atoms with Crippen LogP contribution in [0.5, 0.6) is 5.75 Å². The molecule has 6 nitrogen and oxygen atoms in total. The number of hydrogen-bond donors (Lipinski definition) is 0. The van der Waals surface area contributed by atoms with Crippen LogP contribution >= 0.6 is 0 Å². The van der Waals surface area contributed by atoms with Gasteiger partial charge in [0.15, 0.2) is 0 Å². The minimum Gasteiger partial charge on any atom is -0.488 e. The van der Waals surface area contributed by atoms with Crippen LogP contribution in [-0.2, 0) is 6.54 Å². The molecule has 0 radical (unpaired) electrons. The van der Waals surface area contributed by atoms with Crippen molar-refractivity contribution in [3.8, 4) is 5.75 Å². The van der Waals surface area contributed by atoms with E-state index in [1.54, 1.807) is 6.33 Å². The molecule has 1 atom stereocenters. The fourth-order valence-electron chi connectivity index (χ4n) is 3.62. The molecule has 0 saturated carbocycles. The molecule has 27 heavy (non-hydrogen) atoms. The SMILES string of the molecule is Cc1cccc2c(N3CCC(Oc4ccnc(CN(C)C)c4)C3)ncnc12. The van der Waals surface area contributed by atoms with E-state index >= 15 is 0 Å². The van der Waals surface area contributed by atoms with Gasteiger partial charge in [-0.1, -0.05) is 12.1 Å². The van der Waals surface area contributed by atoms with Crippen LogP contribution in [-0.4, -0.2) is 53.1 Å². The van der Waals surface area contributed by atoms with E-state index in [4.69, 9.17) is 4.74 Å². The highest BCUT2D eigenvalue weighted by molar-refractivity contribution is 5.91. The third-order valence-corrected chi connectivity index (χ3v) is 4.86. The number of ether oxygens (including phenoxy) is 1. The molecule has 1 aliphatic heterocycles. The predicted molar refractivity (Wildman–Crippen MR) is 107 cm³/mol. The maximum Gasteiger partial charge on any atom is 0.140 e. The van der Waals surface area contributed by atoms with Crippen LogP contribution in [0.1, 0.15) is 17.7 Å². The molecular weight excluding hydrogens is 338 g/mol. The second kappa shape index (κ2) is 7.48. The Hall–Kier alpha value is -2.73. The average Bonchev–Trinajstić information content (AvgIpc) is 3.10. The van der Waals surface area contributed by atoms with E-state index in [0.29, 0.717) is 0 Å². The number of hydrogen-bond acceptors (Lipinski definition) is 6. The lowest BCUT2D eigenvalue weighted by Crippen LogP contribution is -2.25. The largest absolute Gasteiger partial charge is 0.488 e. The van der Waals surface area contributed by atoms with Gasteiger partial charge in [-0.05, 0) is 38.7 Å². The molecule has 0 spiro atoms. The molecule has 1 saturated heterocycles. The zero-order chi connectivity index (χ0) is 18.8. The van der Waals surface area contributed by atoms with Gasteiger partial charge in [-0.15, -0.1) is 0 Å². The molecule has 4 rings (SSSR count). The van der Waals surface area contributed by atoms with E-state index in [9.17, 15) is 0 Å². The Bertz CT molecular complexity index is 943. The number of aryl methyl sites for hydroxylation is 1. The molecule has 0 N–H and O–H groups in total. The maximum absolute atomic E-state index is 6.24. The molecule has 3 heterocycles. The van der Waals surface area contributed by atoms with Gasteiger partial charge in [-0.25, -0.2) is 9.97 Å². The predicted octanol–water partition coefficient (Wildman–Crippen LogP) is 3.05. The van der Waals surface area contributed by atoms with Crippen molar-refractivity contribution in [1.29, 1.82) is 0 Å². The number of rotatable bonds is 5. The van der Waals surface area contributed by atoms with Gasteiger partial charge in [0, 0.05) is 37.2 Å². The minimum atomic E-state index is 0.148. The summed E-state index contributed by atoms with van der Waals surface area (Å²) in [6.07, 6.45) is 4.61. The van der Waals surface area contributed by atoms with E-state index in [-0.39, 0.29) is 6.10 Å². The van der Waals surface area contributed by atoms with Crippen molar-refractivity contribution in [3.63, 3.8) is 0 Å². The third-order valence-electron chi connectivity index (χ3n) is 4.86. The molecule has 1 aromatic carbocycles. The van der Waals surface area contributed by atoms with Crippen LogP contribution in [0.3, 0.4) is 0 Å². The van der Waals surface area contributed by atoms with Gasteiger partial charge in [0.1, 0.15) is 24.0 Å². The number of anilines is 1. The van der Waals surface area contributed by atoms with Crippen molar-refractivity contribution in [2.45, 2.75) is 26.0 Å². The first-order valence-corrected chi connectivity index (χ1v) is 9.32. The number of fused-ring (bicyclic) bond motifs is 1. The first kappa shape index (κ1) is 17.7. The Balaban J connectivity index is 1.49. The molecule has 3 aromatic rings. The average molecular weight is 363 g/mol. The van der Waals surface area contributed by atoms with Crippen molar-refractivity contribution in [1.82, 2.24) is 19.9 Å². The Morgan fingerprint density at radius 2 is 2.07 bits per heavy atom. The van der Waals surface area contributed by atoms with Crippen molar-refractivity contribution >= 4 is 16.7 Å². The van der Waals surface area contributed by atoms with Crippen molar-refractivity contribution in [3.05, 3.63) is 54.1 Å². The van der Waals surface area contributed by atoms with Gasteiger partial charge < -0.3 is 14.5 Å². The number of nitrogens with zero attached hydrogens (tertiary/aromatic N) is 5. The molecule has 140 valence electrons. The Labute approximate surface area is 159 Å². The normalized spacial score (nSPS) is 17.0. The van der Waals surface area contributed by atoms with Gasteiger partial charge in [0.05, 0.1) is 17.8 Å². The molecule has 2 aromatic heterocycles. The molecule has 6 heteroatoms. The first-order chi connectivity index (χ1) is 13.1. The smallest absolute Gasteiger partial charge is 0.140 e. The van der Waals surface area contributed by atoms with Crippen LogP contribution < -0.4 is 9.64 Å². The van der Waals surface area contributed by atoms with Crippen LogP contribution in [0.15, 0.2) is 42.9 Å². The van der Waals surface area contributed by atoms with E-state index in [2.05, 4.69) is 49.9 Å². The highest BCUT2D eigenvalue weighted by atomic mass is 16.5. The second-order valence-electron chi connectivity index (χ2n) is 7.36. The van der Waals surface area contributed by atoms with Gasteiger partial charge in [0.2, 0.25) is 0 Å². The zero-order valence-electron chi connectivity index (χ0n) is 16.1. The summed E-state index contributed by atoms with van der Waals surface area (Å²) >= 11 is 0. The summed E-state index contributed by atoms with van der Waals surface area (Å²) in [5.41, 5.74) is 3.22. The van der Waals surface area contributed by atoms with Crippen LogP contribution in [0.4, 0.5) is 5.82 Å². The van der Waals surface area contributed by atoms with Crippen LogP contribution in [0.25, 0.3) is 10.9 Å². The standard InChI is InChI=1S/C21H25N5O/c1-15-5-4-6-19-20(15)23-14-24-21(19)26-10-8-18(13-26)27-17-7-9-22-16(11-17)12-25(2)3/h4-7,9,11,14,18H,8,10,12-13H2,1-3H3. The van der Waals surface area contributed by atoms with Crippen LogP contribution in [0.2, 0.25) is 0 Å². The monoisotopic (exact) mass is 363 g/mol. The lowest BCUT2D eigenvalue weighted by molar-refractivity contribution is 0.224. The Morgan fingerprint density at radius 1 is 1.19 bits per heavy atom. The zero-order valence-corrected chi connectivity index (χ0v) is 16.1. The molecule has 1 aliphatic rings. The maximum atomic E-state index is 6.24. The number of pyridine rings is 1. The highest BCUT2D eigenvalue weighted by Crippen LogP contribution is 2.28. The minimum absolute atomic E-state index is 0.148. The Kier molecular flexibility index (Phi) is 4.90. The third kappa shape index (κ3) is 3.85. The summed E-state index contributed by atoms with van der Waals surface area (Å²) in [7, 11) is 4.08. The highest BCUT2D eigenvalue weighted by Gasteiger charge is 2.26. The van der Waals surface area contributed by atoms with E-state index in [1.165, 1.54) is 5.56 Å². The van der Waals surface area contributed by atoms with Crippen molar-refractivity contribution in [2.75, 3.05) is 32.1 Å². The number of para-hydroxylation sites is 1. The first-order valence-electron chi connectivity index (χ1n) is 9.32. The Morgan fingerprint density at radius 3 is 2.93 bits per heavy atom. The molecule has 0 aliphatic carbocycles. The summed E-state index contributed by atoms with van der Waals surface area (Å²) in [6.45, 7) is 4.65. The number of aromatic nitrogens is 3. The lowest BCUT2D eigenvalue weighted by Gasteiger charge is -2.20. The summed E-state index contributed by atoms with van der Waals surface area (Å²) in [4.78, 5) is 17.8. The van der Waals surface area contributed by atoms with Crippen molar-refractivity contribution in [2.24, 2.45) is 0 Å². The second-order valence-corrected chi connectivity index (χ2v) is 7.36.